The van der Waals surface area contributed by atoms with Gasteiger partial charge in [-0.3, -0.25) is 4.79 Å². The molecule has 0 radical (unpaired) electrons. The van der Waals surface area contributed by atoms with E-state index in [0.29, 0.717) is 30.0 Å². The average molecular weight is 247 g/mol. The van der Waals surface area contributed by atoms with Crippen molar-refractivity contribution in [2.75, 3.05) is 6.54 Å². The molecule has 2 aromatic rings. The number of amides is 1. The third kappa shape index (κ3) is 2.85. The van der Waals surface area contributed by atoms with E-state index in [4.69, 9.17) is 4.52 Å². The Morgan fingerprint density at radius 2 is 2.33 bits per heavy atom. The maximum Gasteiger partial charge on any atom is 0.251 e. The van der Waals surface area contributed by atoms with Crippen molar-refractivity contribution in [1.82, 2.24) is 15.5 Å². The van der Waals surface area contributed by atoms with Gasteiger partial charge in [-0.1, -0.05) is 5.16 Å². The van der Waals surface area contributed by atoms with Crippen molar-refractivity contribution in [3.05, 3.63) is 41.5 Å². The number of nitrogens with one attached hydrogen (secondary N) is 1. The van der Waals surface area contributed by atoms with Crippen LogP contribution < -0.4 is 5.32 Å². The van der Waals surface area contributed by atoms with Crippen LogP contribution in [0.5, 0.6) is 5.75 Å². The van der Waals surface area contributed by atoms with Gasteiger partial charge < -0.3 is 14.9 Å². The largest absolute Gasteiger partial charge is 0.508 e. The monoisotopic (exact) mass is 247 g/mol. The van der Waals surface area contributed by atoms with Crippen molar-refractivity contribution in [3.63, 3.8) is 0 Å². The zero-order valence-corrected chi connectivity index (χ0v) is 9.88. The molecule has 0 spiro atoms. The Balaban J connectivity index is 1.89. The Morgan fingerprint density at radius 1 is 1.50 bits per heavy atom. The summed E-state index contributed by atoms with van der Waals surface area (Å²) in [5.41, 5.74) is 1.18. The van der Waals surface area contributed by atoms with Crippen LogP contribution in [-0.4, -0.2) is 27.7 Å². The number of hydrogen-bond acceptors (Lipinski definition) is 5. The summed E-state index contributed by atoms with van der Waals surface area (Å²) < 4.78 is 4.81. The maximum atomic E-state index is 11.8. The molecule has 6 nitrogen and oxygen atoms in total. The predicted octanol–water partition coefficient (Wildman–Crippen LogP) is 1.06. The minimum atomic E-state index is -0.197. The molecule has 0 aliphatic rings. The van der Waals surface area contributed by atoms with Crippen molar-refractivity contribution in [2.24, 2.45) is 0 Å². The lowest BCUT2D eigenvalue weighted by atomic mass is 10.1. The lowest BCUT2D eigenvalue weighted by Gasteiger charge is -2.05. The molecule has 0 fully saturated rings. The number of nitrogens with zero attached hydrogens (tertiary/aromatic N) is 2. The molecule has 0 bridgehead atoms. The van der Waals surface area contributed by atoms with Gasteiger partial charge in [0, 0.05) is 18.5 Å². The summed E-state index contributed by atoms with van der Waals surface area (Å²) in [6.45, 7) is 2.16. The van der Waals surface area contributed by atoms with Gasteiger partial charge in [-0.25, -0.2) is 0 Å². The number of aryl methyl sites for hydroxylation is 1. The molecule has 0 atom stereocenters. The van der Waals surface area contributed by atoms with E-state index in [1.807, 2.05) is 0 Å². The van der Waals surface area contributed by atoms with Crippen LogP contribution in [0.3, 0.4) is 0 Å². The molecule has 94 valence electrons. The molecular formula is C12H13N3O3. The Morgan fingerprint density at radius 3 is 3.00 bits per heavy atom. The number of phenols is 1. The number of aromatic nitrogens is 2. The van der Waals surface area contributed by atoms with E-state index in [1.165, 1.54) is 12.4 Å². The van der Waals surface area contributed by atoms with Crippen LogP contribution in [0.25, 0.3) is 0 Å². The highest BCUT2D eigenvalue weighted by Crippen LogP contribution is 2.16. The van der Waals surface area contributed by atoms with Crippen LogP contribution in [0.1, 0.15) is 21.8 Å². The first-order valence-corrected chi connectivity index (χ1v) is 5.50. The first kappa shape index (κ1) is 12.1. The molecule has 18 heavy (non-hydrogen) atoms. The predicted molar refractivity (Wildman–Crippen MR) is 63.2 cm³/mol. The number of carbonyl (C=O) groups excluding carboxylic acids is 1. The number of aromatic hydroxyl groups is 1. The van der Waals surface area contributed by atoms with Crippen molar-refractivity contribution >= 4 is 5.91 Å². The summed E-state index contributed by atoms with van der Waals surface area (Å²) in [5.74, 6) is 0.465. The van der Waals surface area contributed by atoms with E-state index in [0.717, 1.165) is 0 Å². The molecule has 0 unspecified atom stereocenters. The van der Waals surface area contributed by atoms with E-state index < -0.39 is 0 Å². The summed E-state index contributed by atoms with van der Waals surface area (Å²) in [6, 6.07) is 4.71. The first-order chi connectivity index (χ1) is 8.66. The second-order valence-electron chi connectivity index (χ2n) is 3.84. The fourth-order valence-corrected chi connectivity index (χ4v) is 1.49. The quantitative estimate of drug-likeness (QED) is 0.843. The van der Waals surface area contributed by atoms with Gasteiger partial charge in [0.1, 0.15) is 5.75 Å². The molecule has 0 saturated carbocycles. The highest BCUT2D eigenvalue weighted by molar-refractivity contribution is 5.94. The Bertz CT molecular complexity index is 538. The minimum Gasteiger partial charge on any atom is -0.508 e. The van der Waals surface area contributed by atoms with E-state index in [1.54, 1.807) is 19.1 Å². The van der Waals surface area contributed by atoms with Crippen molar-refractivity contribution in [1.29, 1.82) is 0 Å². The molecular weight excluding hydrogens is 234 g/mol. The lowest BCUT2D eigenvalue weighted by molar-refractivity contribution is 0.0953. The molecule has 0 aliphatic heterocycles. The van der Waals surface area contributed by atoms with E-state index in [-0.39, 0.29) is 11.7 Å². The van der Waals surface area contributed by atoms with Crippen LogP contribution in [0.2, 0.25) is 0 Å². The zero-order valence-electron chi connectivity index (χ0n) is 9.88. The molecule has 6 heteroatoms. The van der Waals surface area contributed by atoms with E-state index in [9.17, 15) is 9.90 Å². The van der Waals surface area contributed by atoms with Gasteiger partial charge in [0.2, 0.25) is 5.89 Å². The second-order valence-corrected chi connectivity index (χ2v) is 3.84. The van der Waals surface area contributed by atoms with Gasteiger partial charge in [0.25, 0.3) is 5.91 Å². The molecule has 0 saturated heterocycles. The van der Waals surface area contributed by atoms with Gasteiger partial charge >= 0.3 is 0 Å². The second kappa shape index (κ2) is 5.31. The Kier molecular flexibility index (Phi) is 3.57. The van der Waals surface area contributed by atoms with Gasteiger partial charge in [-0.05, 0) is 30.7 Å². The zero-order chi connectivity index (χ0) is 13.0. The fraction of sp³-hybridized carbons (Fsp3) is 0.250. The van der Waals surface area contributed by atoms with Crippen LogP contribution >= 0.6 is 0 Å². The fourth-order valence-electron chi connectivity index (χ4n) is 1.49. The van der Waals surface area contributed by atoms with E-state index in [2.05, 4.69) is 15.5 Å². The number of carbonyl (C=O) groups is 1. The standard InChI is InChI=1S/C12H13N3O3/c1-8-6-9(2-3-10(8)16)12(17)13-5-4-11-14-7-15-18-11/h2-3,6-7,16H,4-5H2,1H3,(H,13,17). The molecule has 2 rings (SSSR count). The molecule has 0 aliphatic carbocycles. The molecule has 2 N–H and O–H groups in total. The van der Waals surface area contributed by atoms with Gasteiger partial charge in [-0.15, -0.1) is 0 Å². The van der Waals surface area contributed by atoms with Gasteiger partial charge in [0.05, 0.1) is 0 Å². The highest BCUT2D eigenvalue weighted by Gasteiger charge is 2.07. The summed E-state index contributed by atoms with van der Waals surface area (Å²) in [4.78, 5) is 15.6. The first-order valence-electron chi connectivity index (χ1n) is 5.50. The molecule has 1 aromatic carbocycles. The van der Waals surface area contributed by atoms with Crippen LogP contribution in [0.15, 0.2) is 29.0 Å². The van der Waals surface area contributed by atoms with Crippen molar-refractivity contribution in [3.8, 4) is 5.75 Å². The van der Waals surface area contributed by atoms with E-state index >= 15 is 0 Å². The number of phenolic OH excluding ortho intramolecular Hbond substituents is 1. The summed E-state index contributed by atoms with van der Waals surface area (Å²) >= 11 is 0. The smallest absolute Gasteiger partial charge is 0.251 e. The number of hydrogen-bond donors (Lipinski definition) is 2. The minimum absolute atomic E-state index is 0.178. The molecule has 1 amide bonds. The SMILES string of the molecule is Cc1cc(C(=O)NCCc2ncno2)ccc1O. The number of rotatable bonds is 4. The van der Waals surface area contributed by atoms with Crippen LogP contribution in [0, 0.1) is 6.92 Å². The summed E-state index contributed by atoms with van der Waals surface area (Å²) in [7, 11) is 0. The highest BCUT2D eigenvalue weighted by atomic mass is 16.5. The number of benzene rings is 1. The van der Waals surface area contributed by atoms with Crippen molar-refractivity contribution in [2.45, 2.75) is 13.3 Å². The lowest BCUT2D eigenvalue weighted by Crippen LogP contribution is -2.25. The summed E-state index contributed by atoms with van der Waals surface area (Å²) in [5, 5.41) is 15.6. The van der Waals surface area contributed by atoms with Gasteiger partial charge in [-0.2, -0.15) is 4.98 Å². The average Bonchev–Trinajstić information content (AvgIpc) is 2.85. The third-order valence-electron chi connectivity index (χ3n) is 2.49. The molecule has 1 heterocycles. The summed E-state index contributed by atoms with van der Waals surface area (Å²) in [6.07, 6.45) is 1.81. The normalized spacial score (nSPS) is 10.3. The Hall–Kier alpha value is -2.37. The van der Waals surface area contributed by atoms with Gasteiger partial charge in [0.15, 0.2) is 6.33 Å². The van der Waals surface area contributed by atoms with Crippen LogP contribution in [-0.2, 0) is 6.42 Å². The Labute approximate surface area is 104 Å². The molecule has 1 aromatic heterocycles. The third-order valence-corrected chi connectivity index (χ3v) is 2.49. The maximum absolute atomic E-state index is 11.8. The topological polar surface area (TPSA) is 88.3 Å². The van der Waals surface area contributed by atoms with Crippen LogP contribution in [0.4, 0.5) is 0 Å². The van der Waals surface area contributed by atoms with Crippen molar-refractivity contribution < 1.29 is 14.4 Å².